The fraction of sp³-hybridized carbons (Fsp3) is 0.400. The number of anilines is 1. The van der Waals surface area contributed by atoms with Gasteiger partial charge in [0, 0.05) is 18.4 Å². The van der Waals surface area contributed by atoms with Crippen molar-refractivity contribution in [2.24, 2.45) is 0 Å². The number of rotatable bonds is 3. The second-order valence-electron chi connectivity index (χ2n) is 3.82. The topological polar surface area (TPSA) is 61.7 Å². The SMILES string of the molecule is CC(C)n1ccc(Cn2ccc(N)n2)n1. The lowest BCUT2D eigenvalue weighted by molar-refractivity contribution is 0.521. The summed E-state index contributed by atoms with van der Waals surface area (Å²) in [4.78, 5) is 0. The average molecular weight is 205 g/mol. The summed E-state index contributed by atoms with van der Waals surface area (Å²) < 4.78 is 3.71. The quantitative estimate of drug-likeness (QED) is 0.821. The molecule has 0 aliphatic heterocycles. The van der Waals surface area contributed by atoms with Crippen LogP contribution in [0.2, 0.25) is 0 Å². The van der Waals surface area contributed by atoms with Crippen molar-refractivity contribution in [1.82, 2.24) is 19.6 Å². The van der Waals surface area contributed by atoms with E-state index in [1.54, 1.807) is 10.7 Å². The van der Waals surface area contributed by atoms with Crippen molar-refractivity contribution in [3.63, 3.8) is 0 Å². The lowest BCUT2D eigenvalue weighted by Crippen LogP contribution is -2.05. The first-order valence-electron chi connectivity index (χ1n) is 4.98. The van der Waals surface area contributed by atoms with Gasteiger partial charge in [-0.05, 0) is 26.0 Å². The van der Waals surface area contributed by atoms with Gasteiger partial charge in [0.1, 0.15) is 5.82 Å². The zero-order valence-electron chi connectivity index (χ0n) is 8.96. The molecular weight excluding hydrogens is 190 g/mol. The number of nitrogens with zero attached hydrogens (tertiary/aromatic N) is 4. The molecule has 2 aromatic rings. The Kier molecular flexibility index (Phi) is 2.45. The molecule has 0 bridgehead atoms. The molecule has 0 amide bonds. The molecular formula is C10H15N5. The van der Waals surface area contributed by atoms with Crippen LogP contribution in [0.15, 0.2) is 24.5 Å². The lowest BCUT2D eigenvalue weighted by atomic mass is 10.4. The van der Waals surface area contributed by atoms with Crippen LogP contribution in [-0.2, 0) is 6.54 Å². The van der Waals surface area contributed by atoms with Crippen molar-refractivity contribution in [2.75, 3.05) is 5.73 Å². The highest BCUT2D eigenvalue weighted by molar-refractivity contribution is 5.24. The molecule has 0 spiro atoms. The van der Waals surface area contributed by atoms with Crippen LogP contribution in [0.1, 0.15) is 25.6 Å². The van der Waals surface area contributed by atoms with E-state index in [1.807, 2.05) is 23.1 Å². The van der Waals surface area contributed by atoms with Crippen LogP contribution in [0.4, 0.5) is 5.82 Å². The van der Waals surface area contributed by atoms with Crippen molar-refractivity contribution in [3.05, 3.63) is 30.2 Å². The summed E-state index contributed by atoms with van der Waals surface area (Å²) in [5, 5.41) is 8.53. The van der Waals surface area contributed by atoms with Gasteiger partial charge in [-0.2, -0.15) is 10.2 Å². The smallest absolute Gasteiger partial charge is 0.145 e. The highest BCUT2D eigenvalue weighted by Crippen LogP contribution is 2.06. The zero-order valence-corrected chi connectivity index (χ0v) is 8.96. The Bertz CT molecular complexity index is 440. The van der Waals surface area contributed by atoms with Gasteiger partial charge in [-0.25, -0.2) is 0 Å². The standard InChI is InChI=1S/C10H15N5/c1-8(2)15-6-3-9(12-15)7-14-5-4-10(11)13-14/h3-6,8H,7H2,1-2H3,(H2,11,13). The molecule has 5 heteroatoms. The molecule has 2 heterocycles. The summed E-state index contributed by atoms with van der Waals surface area (Å²) in [7, 11) is 0. The van der Waals surface area contributed by atoms with Crippen LogP contribution >= 0.6 is 0 Å². The van der Waals surface area contributed by atoms with E-state index < -0.39 is 0 Å². The van der Waals surface area contributed by atoms with E-state index in [2.05, 4.69) is 24.0 Å². The van der Waals surface area contributed by atoms with Gasteiger partial charge >= 0.3 is 0 Å². The third kappa shape index (κ3) is 2.18. The Balaban J connectivity index is 2.11. The highest BCUT2D eigenvalue weighted by atomic mass is 15.3. The maximum atomic E-state index is 5.53. The molecule has 0 fully saturated rings. The van der Waals surface area contributed by atoms with Gasteiger partial charge in [-0.1, -0.05) is 0 Å². The molecule has 0 atom stereocenters. The summed E-state index contributed by atoms with van der Waals surface area (Å²) in [5.41, 5.74) is 6.52. The van der Waals surface area contributed by atoms with E-state index in [-0.39, 0.29) is 0 Å². The molecule has 15 heavy (non-hydrogen) atoms. The van der Waals surface area contributed by atoms with Crippen molar-refractivity contribution in [1.29, 1.82) is 0 Å². The number of hydrogen-bond donors (Lipinski definition) is 1. The predicted octanol–water partition coefficient (Wildman–Crippen LogP) is 1.29. The van der Waals surface area contributed by atoms with Crippen molar-refractivity contribution < 1.29 is 0 Å². The normalized spacial score (nSPS) is 11.1. The van der Waals surface area contributed by atoms with Crippen LogP contribution in [0.5, 0.6) is 0 Å². The number of aromatic nitrogens is 4. The molecule has 2 rings (SSSR count). The van der Waals surface area contributed by atoms with Gasteiger partial charge in [0.05, 0.1) is 12.2 Å². The maximum absolute atomic E-state index is 5.53. The van der Waals surface area contributed by atoms with Gasteiger partial charge in [0.2, 0.25) is 0 Å². The minimum Gasteiger partial charge on any atom is -0.382 e. The largest absolute Gasteiger partial charge is 0.382 e. The Morgan fingerprint density at radius 1 is 1.27 bits per heavy atom. The molecule has 0 aromatic carbocycles. The summed E-state index contributed by atoms with van der Waals surface area (Å²) in [5.74, 6) is 0.540. The Morgan fingerprint density at radius 2 is 2.07 bits per heavy atom. The zero-order chi connectivity index (χ0) is 10.8. The van der Waals surface area contributed by atoms with Crippen molar-refractivity contribution in [2.45, 2.75) is 26.4 Å². The van der Waals surface area contributed by atoms with Crippen LogP contribution in [0.25, 0.3) is 0 Å². The van der Waals surface area contributed by atoms with Gasteiger partial charge in [-0.15, -0.1) is 0 Å². The Hall–Kier alpha value is -1.78. The molecule has 0 aliphatic carbocycles. The van der Waals surface area contributed by atoms with Crippen molar-refractivity contribution in [3.8, 4) is 0 Å². The first-order chi connectivity index (χ1) is 7.15. The lowest BCUT2D eigenvalue weighted by Gasteiger charge is -2.03. The van der Waals surface area contributed by atoms with E-state index in [4.69, 9.17) is 5.73 Å². The molecule has 2 N–H and O–H groups in total. The van der Waals surface area contributed by atoms with Gasteiger partial charge in [-0.3, -0.25) is 9.36 Å². The second-order valence-corrected chi connectivity index (χ2v) is 3.82. The first-order valence-corrected chi connectivity index (χ1v) is 4.98. The molecule has 0 aliphatic rings. The van der Waals surface area contributed by atoms with Crippen molar-refractivity contribution >= 4 is 5.82 Å². The molecule has 0 saturated carbocycles. The monoisotopic (exact) mass is 205 g/mol. The molecule has 0 radical (unpaired) electrons. The third-order valence-corrected chi connectivity index (χ3v) is 2.18. The van der Waals surface area contributed by atoms with E-state index in [0.717, 1.165) is 5.69 Å². The first kappa shape index (κ1) is 9.76. The summed E-state index contributed by atoms with van der Waals surface area (Å²) in [6.45, 7) is 4.86. The summed E-state index contributed by atoms with van der Waals surface area (Å²) in [6, 6.07) is 4.17. The van der Waals surface area contributed by atoms with E-state index in [0.29, 0.717) is 18.4 Å². The van der Waals surface area contributed by atoms with Crippen LogP contribution < -0.4 is 5.73 Å². The molecule has 0 unspecified atom stereocenters. The molecule has 2 aromatic heterocycles. The Labute approximate surface area is 88.5 Å². The van der Waals surface area contributed by atoms with Crippen LogP contribution in [0, 0.1) is 0 Å². The minimum atomic E-state index is 0.390. The fourth-order valence-electron chi connectivity index (χ4n) is 1.38. The molecule has 0 saturated heterocycles. The predicted molar refractivity (Wildman–Crippen MR) is 58.4 cm³/mol. The van der Waals surface area contributed by atoms with E-state index in [1.165, 1.54) is 0 Å². The highest BCUT2D eigenvalue weighted by Gasteiger charge is 2.03. The van der Waals surface area contributed by atoms with Gasteiger partial charge < -0.3 is 5.73 Å². The number of nitrogen functional groups attached to an aromatic ring is 1. The number of nitrogens with two attached hydrogens (primary N) is 1. The maximum Gasteiger partial charge on any atom is 0.145 e. The second kappa shape index (κ2) is 3.76. The Morgan fingerprint density at radius 3 is 2.60 bits per heavy atom. The average Bonchev–Trinajstić information content (AvgIpc) is 2.76. The summed E-state index contributed by atoms with van der Waals surface area (Å²) in [6.07, 6.45) is 3.83. The summed E-state index contributed by atoms with van der Waals surface area (Å²) >= 11 is 0. The van der Waals surface area contributed by atoms with Gasteiger partial charge in [0.15, 0.2) is 0 Å². The van der Waals surface area contributed by atoms with Crippen LogP contribution in [0.3, 0.4) is 0 Å². The third-order valence-electron chi connectivity index (χ3n) is 2.18. The van der Waals surface area contributed by atoms with Crippen LogP contribution in [-0.4, -0.2) is 19.6 Å². The van der Waals surface area contributed by atoms with E-state index in [9.17, 15) is 0 Å². The molecule has 5 nitrogen and oxygen atoms in total. The molecule has 80 valence electrons. The van der Waals surface area contributed by atoms with E-state index >= 15 is 0 Å². The number of hydrogen-bond acceptors (Lipinski definition) is 3. The minimum absolute atomic E-state index is 0.390. The fourth-order valence-corrected chi connectivity index (χ4v) is 1.38. The van der Waals surface area contributed by atoms with Gasteiger partial charge in [0.25, 0.3) is 0 Å².